The number of rotatable bonds is 5. The van der Waals surface area contributed by atoms with Crippen LogP contribution in [0.15, 0.2) is 6.07 Å². The van der Waals surface area contributed by atoms with E-state index in [0.717, 1.165) is 25.9 Å². The summed E-state index contributed by atoms with van der Waals surface area (Å²) in [4.78, 5) is 22.0. The Balaban J connectivity index is 1.92. The minimum atomic E-state index is 0.0861. The maximum atomic E-state index is 11.9. The van der Waals surface area contributed by atoms with Gasteiger partial charge in [-0.2, -0.15) is 0 Å². The molecule has 2 rings (SSSR count). The number of likely N-dealkylation sites (tertiary alicyclic amines) is 1. The highest BCUT2D eigenvalue weighted by atomic mass is 16.5. The number of anilines is 2. The van der Waals surface area contributed by atoms with Crippen LogP contribution in [0.1, 0.15) is 18.7 Å². The summed E-state index contributed by atoms with van der Waals surface area (Å²) in [6.45, 7) is 2.21. The second-order valence-corrected chi connectivity index (χ2v) is 4.47. The van der Waals surface area contributed by atoms with E-state index in [2.05, 4.69) is 15.3 Å². The molecule has 0 unspecified atom stereocenters. The molecule has 0 atom stereocenters. The molecule has 1 aliphatic rings. The van der Waals surface area contributed by atoms with Crippen LogP contribution < -0.4 is 11.1 Å². The zero-order chi connectivity index (χ0) is 13.7. The number of methoxy groups -OCH3 is 1. The molecule has 1 amide bonds. The van der Waals surface area contributed by atoms with Crippen LogP contribution in [-0.4, -0.2) is 47.5 Å². The van der Waals surface area contributed by atoms with Crippen molar-refractivity contribution in [2.45, 2.75) is 19.4 Å². The summed E-state index contributed by atoms with van der Waals surface area (Å²) in [6.07, 6.45) is 2.17. The van der Waals surface area contributed by atoms with Crippen LogP contribution in [-0.2, 0) is 16.1 Å². The van der Waals surface area contributed by atoms with Gasteiger partial charge in [0.2, 0.25) is 5.91 Å². The number of carbonyl (C=O) groups excluding carboxylic acids is 1. The van der Waals surface area contributed by atoms with Crippen molar-refractivity contribution < 1.29 is 9.53 Å². The van der Waals surface area contributed by atoms with Gasteiger partial charge in [0.15, 0.2) is 5.82 Å². The molecule has 0 aliphatic carbocycles. The average molecular weight is 265 g/mol. The normalized spacial score (nSPS) is 14.7. The number of carbonyl (C=O) groups is 1. The number of hydrogen-bond donors (Lipinski definition) is 2. The Morgan fingerprint density at radius 3 is 2.89 bits per heavy atom. The van der Waals surface area contributed by atoms with Gasteiger partial charge in [0.25, 0.3) is 0 Å². The largest absolute Gasteiger partial charge is 0.384 e. The van der Waals surface area contributed by atoms with E-state index >= 15 is 0 Å². The molecule has 0 saturated carbocycles. The van der Waals surface area contributed by atoms with Gasteiger partial charge in [0.05, 0.1) is 6.54 Å². The molecule has 1 fully saturated rings. The van der Waals surface area contributed by atoms with Gasteiger partial charge in [-0.3, -0.25) is 4.79 Å². The number of hydrogen-bond acceptors (Lipinski definition) is 6. The maximum absolute atomic E-state index is 11.9. The second-order valence-electron chi connectivity index (χ2n) is 4.47. The van der Waals surface area contributed by atoms with Crippen LogP contribution in [0.3, 0.4) is 0 Å². The summed E-state index contributed by atoms with van der Waals surface area (Å²) in [5.74, 6) is 1.49. The Bertz CT molecular complexity index is 446. The molecule has 0 radical (unpaired) electrons. The topological polar surface area (TPSA) is 93.4 Å². The van der Waals surface area contributed by atoms with Gasteiger partial charge in [-0.25, -0.2) is 9.97 Å². The van der Waals surface area contributed by atoms with Crippen LogP contribution in [0.5, 0.6) is 0 Å². The van der Waals surface area contributed by atoms with E-state index in [-0.39, 0.29) is 12.5 Å². The fraction of sp³-hybridized carbons (Fsp3) is 0.583. The Morgan fingerprint density at radius 2 is 2.21 bits per heavy atom. The van der Waals surface area contributed by atoms with Crippen molar-refractivity contribution in [2.75, 3.05) is 37.8 Å². The average Bonchev–Trinajstić information content (AvgIpc) is 2.89. The number of nitrogens with zero attached hydrogens (tertiary/aromatic N) is 3. The van der Waals surface area contributed by atoms with Crippen molar-refractivity contribution in [3.05, 3.63) is 11.9 Å². The molecular weight excluding hydrogens is 246 g/mol. The maximum Gasteiger partial charge on any atom is 0.241 e. The van der Waals surface area contributed by atoms with E-state index in [4.69, 9.17) is 10.5 Å². The van der Waals surface area contributed by atoms with Crippen LogP contribution in [0.4, 0.5) is 11.6 Å². The molecule has 7 nitrogen and oxygen atoms in total. The highest BCUT2D eigenvalue weighted by Gasteiger charge is 2.17. The second kappa shape index (κ2) is 6.33. The highest BCUT2D eigenvalue weighted by molar-refractivity contribution is 5.80. The molecule has 19 heavy (non-hydrogen) atoms. The molecule has 7 heteroatoms. The first kappa shape index (κ1) is 13.5. The van der Waals surface area contributed by atoms with Crippen molar-refractivity contribution in [1.29, 1.82) is 0 Å². The minimum Gasteiger partial charge on any atom is -0.384 e. The van der Waals surface area contributed by atoms with Crippen molar-refractivity contribution in [1.82, 2.24) is 14.9 Å². The monoisotopic (exact) mass is 265 g/mol. The van der Waals surface area contributed by atoms with Crippen molar-refractivity contribution in [3.8, 4) is 0 Å². The number of nitrogen functional groups attached to an aromatic ring is 1. The van der Waals surface area contributed by atoms with E-state index in [1.54, 1.807) is 13.2 Å². The summed E-state index contributed by atoms with van der Waals surface area (Å²) in [6, 6.07) is 1.61. The molecule has 1 aromatic rings. The SMILES string of the molecule is COCc1nc(N)cc(NCC(=O)N2CCCC2)n1. The number of amides is 1. The molecule has 2 heterocycles. The molecular formula is C12H19N5O2. The summed E-state index contributed by atoms with van der Waals surface area (Å²) in [7, 11) is 1.57. The predicted octanol–water partition coefficient (Wildman–Crippen LogP) is 0.240. The first-order valence-corrected chi connectivity index (χ1v) is 6.33. The van der Waals surface area contributed by atoms with E-state index in [1.165, 1.54) is 0 Å². The highest BCUT2D eigenvalue weighted by Crippen LogP contribution is 2.10. The van der Waals surface area contributed by atoms with Crippen LogP contribution >= 0.6 is 0 Å². The molecule has 3 N–H and O–H groups in total. The Morgan fingerprint density at radius 1 is 1.47 bits per heavy atom. The summed E-state index contributed by atoms with van der Waals surface area (Å²) in [5.41, 5.74) is 5.68. The standard InChI is InChI=1S/C12H19N5O2/c1-19-8-11-15-9(13)6-10(16-11)14-7-12(18)17-4-2-3-5-17/h6H,2-5,7-8H2,1H3,(H3,13,14,15,16). The van der Waals surface area contributed by atoms with E-state index in [9.17, 15) is 4.79 Å². The fourth-order valence-corrected chi connectivity index (χ4v) is 2.05. The number of nitrogens with two attached hydrogens (primary N) is 1. The number of aromatic nitrogens is 2. The third kappa shape index (κ3) is 3.78. The molecule has 104 valence electrons. The smallest absolute Gasteiger partial charge is 0.241 e. The lowest BCUT2D eigenvalue weighted by molar-refractivity contribution is -0.128. The molecule has 0 bridgehead atoms. The van der Waals surface area contributed by atoms with Crippen LogP contribution in [0.2, 0.25) is 0 Å². The fourth-order valence-electron chi connectivity index (χ4n) is 2.05. The first-order valence-electron chi connectivity index (χ1n) is 6.33. The number of ether oxygens (including phenoxy) is 1. The lowest BCUT2D eigenvalue weighted by Crippen LogP contribution is -2.33. The summed E-state index contributed by atoms with van der Waals surface area (Å²) < 4.78 is 4.96. The minimum absolute atomic E-state index is 0.0861. The van der Waals surface area contributed by atoms with Gasteiger partial charge in [-0.05, 0) is 12.8 Å². The van der Waals surface area contributed by atoms with E-state index in [0.29, 0.717) is 24.1 Å². The van der Waals surface area contributed by atoms with Crippen LogP contribution in [0, 0.1) is 0 Å². The predicted molar refractivity (Wildman–Crippen MR) is 71.5 cm³/mol. The summed E-state index contributed by atoms with van der Waals surface area (Å²) >= 11 is 0. The lowest BCUT2D eigenvalue weighted by atomic mass is 10.4. The third-order valence-corrected chi connectivity index (χ3v) is 2.95. The quantitative estimate of drug-likeness (QED) is 0.792. The zero-order valence-corrected chi connectivity index (χ0v) is 11.1. The van der Waals surface area contributed by atoms with Gasteiger partial charge < -0.3 is 20.7 Å². The van der Waals surface area contributed by atoms with Gasteiger partial charge >= 0.3 is 0 Å². The van der Waals surface area contributed by atoms with Crippen molar-refractivity contribution in [2.24, 2.45) is 0 Å². The first-order chi connectivity index (χ1) is 9.19. The van der Waals surface area contributed by atoms with Gasteiger partial charge in [-0.1, -0.05) is 0 Å². The Hall–Kier alpha value is -1.89. The summed E-state index contributed by atoms with van der Waals surface area (Å²) in [5, 5.41) is 2.98. The van der Waals surface area contributed by atoms with Crippen molar-refractivity contribution in [3.63, 3.8) is 0 Å². The number of nitrogens with one attached hydrogen (secondary N) is 1. The van der Waals surface area contributed by atoms with Gasteiger partial charge in [0.1, 0.15) is 18.2 Å². The van der Waals surface area contributed by atoms with Crippen molar-refractivity contribution >= 4 is 17.5 Å². The molecule has 1 saturated heterocycles. The Kier molecular flexibility index (Phi) is 4.51. The molecule has 0 spiro atoms. The Labute approximate surface area is 112 Å². The molecule has 0 aromatic carbocycles. The zero-order valence-electron chi connectivity index (χ0n) is 11.1. The molecule has 1 aromatic heterocycles. The lowest BCUT2D eigenvalue weighted by Gasteiger charge is -2.15. The van der Waals surface area contributed by atoms with E-state index < -0.39 is 0 Å². The van der Waals surface area contributed by atoms with E-state index in [1.807, 2.05) is 4.90 Å². The van der Waals surface area contributed by atoms with Crippen LogP contribution in [0.25, 0.3) is 0 Å². The third-order valence-electron chi connectivity index (χ3n) is 2.95. The molecule has 1 aliphatic heterocycles. The van der Waals surface area contributed by atoms with Gasteiger partial charge in [-0.15, -0.1) is 0 Å². The van der Waals surface area contributed by atoms with Gasteiger partial charge in [0, 0.05) is 26.3 Å².